The van der Waals surface area contributed by atoms with Gasteiger partial charge in [-0.2, -0.15) is 27.5 Å². The zero-order valence-corrected chi connectivity index (χ0v) is 18.4. The van der Waals surface area contributed by atoms with Crippen molar-refractivity contribution in [3.8, 4) is 5.75 Å². The Morgan fingerprint density at radius 3 is 1.97 bits per heavy atom. The third-order valence-electron chi connectivity index (χ3n) is 4.21. The molecule has 2 N–H and O–H groups in total. The standard InChI is InChI=1S/C19H26F3NO7S/c1-17(2,3)28-15(24)18(4,16(25)29-23)12-6-5-7-13-8-10-14(11-9-13)30-31(26,27)19(20,21)22/h8-11H,5-7,12,23H2,1-4H3/t18-/m1/s1. The largest absolute Gasteiger partial charge is 0.534 e. The minimum Gasteiger partial charge on any atom is -0.459 e. The van der Waals surface area contributed by atoms with Gasteiger partial charge in [-0.1, -0.05) is 18.6 Å². The summed E-state index contributed by atoms with van der Waals surface area (Å²) in [4.78, 5) is 28.8. The van der Waals surface area contributed by atoms with E-state index in [2.05, 4.69) is 9.02 Å². The van der Waals surface area contributed by atoms with Crippen LogP contribution >= 0.6 is 0 Å². The number of hydrogen-bond acceptors (Lipinski definition) is 8. The third kappa shape index (κ3) is 7.69. The van der Waals surface area contributed by atoms with Crippen LogP contribution in [0.25, 0.3) is 0 Å². The summed E-state index contributed by atoms with van der Waals surface area (Å²) in [5.74, 6) is 2.81. The first-order valence-corrected chi connectivity index (χ1v) is 10.7. The molecule has 1 atom stereocenters. The van der Waals surface area contributed by atoms with E-state index in [1.54, 1.807) is 20.8 Å². The Bertz CT molecular complexity index is 877. The zero-order valence-electron chi connectivity index (χ0n) is 17.6. The highest BCUT2D eigenvalue weighted by molar-refractivity contribution is 7.88. The molecule has 1 aromatic rings. The first-order chi connectivity index (χ1) is 14.0. The topological polar surface area (TPSA) is 122 Å². The summed E-state index contributed by atoms with van der Waals surface area (Å²) in [5.41, 5.74) is -7.23. The van der Waals surface area contributed by atoms with E-state index >= 15 is 0 Å². The summed E-state index contributed by atoms with van der Waals surface area (Å²) < 4.78 is 68.3. The Hall–Kier alpha value is -2.34. The monoisotopic (exact) mass is 469 g/mol. The van der Waals surface area contributed by atoms with E-state index in [4.69, 9.17) is 10.6 Å². The number of carbonyl (C=O) groups is 2. The summed E-state index contributed by atoms with van der Waals surface area (Å²) in [6.45, 7) is 6.36. The fourth-order valence-corrected chi connectivity index (χ4v) is 2.96. The number of esters is 1. The maximum atomic E-state index is 12.4. The Kier molecular flexibility index (Phi) is 8.49. The van der Waals surface area contributed by atoms with Crippen LogP contribution in [0.2, 0.25) is 0 Å². The van der Waals surface area contributed by atoms with Gasteiger partial charge in [0.1, 0.15) is 11.4 Å². The van der Waals surface area contributed by atoms with E-state index in [1.165, 1.54) is 19.1 Å². The second-order valence-corrected chi connectivity index (χ2v) is 9.61. The van der Waals surface area contributed by atoms with Gasteiger partial charge in [-0.25, -0.2) is 4.79 Å². The smallest absolute Gasteiger partial charge is 0.459 e. The molecular formula is C19H26F3NO7S. The maximum Gasteiger partial charge on any atom is 0.534 e. The third-order valence-corrected chi connectivity index (χ3v) is 5.19. The zero-order chi connectivity index (χ0) is 24.1. The molecule has 1 aromatic carbocycles. The first kappa shape index (κ1) is 26.7. The number of alkyl halides is 3. The second kappa shape index (κ2) is 9.86. The lowest BCUT2D eigenvalue weighted by Gasteiger charge is -2.29. The molecule has 0 unspecified atom stereocenters. The summed E-state index contributed by atoms with van der Waals surface area (Å²) in [6.07, 6.45) is 1.47. The van der Waals surface area contributed by atoms with Crippen LogP contribution in [0.4, 0.5) is 13.2 Å². The van der Waals surface area contributed by atoms with Crippen LogP contribution in [0.3, 0.4) is 0 Å². The van der Waals surface area contributed by atoms with Crippen LogP contribution in [0.15, 0.2) is 24.3 Å². The molecule has 0 saturated heterocycles. The Balaban J connectivity index is 2.69. The predicted octanol–water partition coefficient (Wildman–Crippen LogP) is 3.39. The van der Waals surface area contributed by atoms with Gasteiger partial charge in [-0.05, 0) is 64.7 Å². The number of rotatable bonds is 9. The number of ether oxygens (including phenoxy) is 1. The van der Waals surface area contributed by atoms with Crippen LogP contribution in [0.1, 0.15) is 52.5 Å². The van der Waals surface area contributed by atoms with Crippen molar-refractivity contribution in [1.82, 2.24) is 0 Å². The highest BCUT2D eigenvalue weighted by Gasteiger charge is 2.48. The minimum absolute atomic E-state index is 0.100. The first-order valence-electron chi connectivity index (χ1n) is 9.26. The van der Waals surface area contributed by atoms with Crippen LogP contribution in [0, 0.1) is 5.41 Å². The SMILES string of the molecule is CC(C)(C)OC(=O)[C@@](C)(CCCCc1ccc(OS(=O)(=O)C(F)(F)F)cc1)C(=O)ON. The molecule has 0 saturated carbocycles. The summed E-state index contributed by atoms with van der Waals surface area (Å²) in [6, 6.07) is 5.05. The van der Waals surface area contributed by atoms with E-state index in [0.29, 0.717) is 24.8 Å². The van der Waals surface area contributed by atoms with E-state index in [-0.39, 0.29) is 6.42 Å². The molecule has 31 heavy (non-hydrogen) atoms. The molecule has 0 aliphatic heterocycles. The Labute approximate surface area is 178 Å². The molecule has 0 amide bonds. The quantitative estimate of drug-likeness (QED) is 0.146. The fraction of sp³-hybridized carbons (Fsp3) is 0.579. The Morgan fingerprint density at radius 2 is 1.52 bits per heavy atom. The van der Waals surface area contributed by atoms with Crippen molar-refractivity contribution < 1.29 is 44.9 Å². The summed E-state index contributed by atoms with van der Waals surface area (Å²) >= 11 is 0. The van der Waals surface area contributed by atoms with E-state index in [1.807, 2.05) is 0 Å². The molecule has 1 rings (SSSR count). The fourth-order valence-electron chi connectivity index (χ4n) is 2.50. The highest BCUT2D eigenvalue weighted by Crippen LogP contribution is 2.30. The van der Waals surface area contributed by atoms with Crippen LogP contribution < -0.4 is 10.1 Å². The highest BCUT2D eigenvalue weighted by atomic mass is 32.2. The maximum absolute atomic E-state index is 12.4. The molecular weight excluding hydrogens is 443 g/mol. The number of benzene rings is 1. The molecule has 8 nitrogen and oxygen atoms in total. The molecule has 0 aromatic heterocycles. The lowest BCUT2D eigenvalue weighted by molar-refractivity contribution is -0.179. The van der Waals surface area contributed by atoms with Crippen molar-refractivity contribution in [1.29, 1.82) is 0 Å². The second-order valence-electron chi connectivity index (χ2n) is 8.07. The number of nitrogens with two attached hydrogens (primary N) is 1. The average molecular weight is 469 g/mol. The van der Waals surface area contributed by atoms with Gasteiger partial charge in [0.05, 0.1) is 0 Å². The lowest BCUT2D eigenvalue weighted by Crippen LogP contribution is -2.43. The molecule has 0 aliphatic carbocycles. The number of aryl methyl sites for hydroxylation is 1. The summed E-state index contributed by atoms with van der Waals surface area (Å²) in [7, 11) is -5.73. The molecule has 0 bridgehead atoms. The normalized spacial score (nSPS) is 14.5. The van der Waals surface area contributed by atoms with Gasteiger partial charge in [0, 0.05) is 0 Å². The van der Waals surface area contributed by atoms with E-state index in [9.17, 15) is 31.2 Å². The molecule has 0 fully saturated rings. The van der Waals surface area contributed by atoms with Crippen molar-refractivity contribution >= 4 is 22.1 Å². The van der Waals surface area contributed by atoms with E-state index in [0.717, 1.165) is 12.1 Å². The van der Waals surface area contributed by atoms with Crippen LogP contribution in [0.5, 0.6) is 5.75 Å². The van der Waals surface area contributed by atoms with Crippen molar-refractivity contribution in [3.63, 3.8) is 0 Å². The average Bonchev–Trinajstić information content (AvgIpc) is 2.63. The van der Waals surface area contributed by atoms with Gasteiger partial charge in [-0.15, -0.1) is 0 Å². The number of hydrogen-bond donors (Lipinski definition) is 1. The van der Waals surface area contributed by atoms with Gasteiger partial charge in [0.15, 0.2) is 5.41 Å². The van der Waals surface area contributed by atoms with Crippen molar-refractivity contribution in [2.45, 2.75) is 64.5 Å². The molecule has 176 valence electrons. The molecule has 0 radical (unpaired) electrons. The van der Waals surface area contributed by atoms with Crippen molar-refractivity contribution in [2.24, 2.45) is 11.3 Å². The summed E-state index contributed by atoms with van der Waals surface area (Å²) in [5, 5.41) is 0. The van der Waals surface area contributed by atoms with Gasteiger partial charge < -0.3 is 13.8 Å². The number of carbonyl (C=O) groups excluding carboxylic acids is 2. The molecule has 0 aliphatic rings. The minimum atomic E-state index is -5.73. The Morgan fingerprint density at radius 1 is 0.968 bits per heavy atom. The molecule has 0 spiro atoms. The number of unbranched alkanes of at least 4 members (excludes halogenated alkanes) is 1. The van der Waals surface area contributed by atoms with Gasteiger partial charge >= 0.3 is 27.6 Å². The van der Waals surface area contributed by atoms with Gasteiger partial charge in [-0.3, -0.25) is 4.79 Å². The van der Waals surface area contributed by atoms with E-state index < -0.39 is 44.3 Å². The van der Waals surface area contributed by atoms with Gasteiger partial charge in [0.25, 0.3) is 0 Å². The lowest BCUT2D eigenvalue weighted by atomic mass is 9.84. The van der Waals surface area contributed by atoms with Crippen LogP contribution in [-0.4, -0.2) is 31.5 Å². The van der Waals surface area contributed by atoms with Crippen molar-refractivity contribution in [2.75, 3.05) is 0 Å². The molecule has 12 heteroatoms. The molecule has 0 heterocycles. The predicted molar refractivity (Wildman–Crippen MR) is 104 cm³/mol. The van der Waals surface area contributed by atoms with Crippen LogP contribution in [-0.2, 0) is 35.7 Å². The number of halogens is 3. The van der Waals surface area contributed by atoms with Crippen molar-refractivity contribution in [3.05, 3.63) is 29.8 Å². The van der Waals surface area contributed by atoms with Gasteiger partial charge in [0.2, 0.25) is 0 Å².